The Balaban J connectivity index is 1.57. The fourth-order valence-electron chi connectivity index (χ4n) is 3.12. The number of nitrogens with zero attached hydrogens (tertiary/aromatic N) is 3. The van der Waals surface area contributed by atoms with Crippen molar-refractivity contribution in [1.82, 2.24) is 15.0 Å². The first-order valence-electron chi connectivity index (χ1n) is 7.93. The summed E-state index contributed by atoms with van der Waals surface area (Å²) in [6.07, 6.45) is 5.53. The van der Waals surface area contributed by atoms with Gasteiger partial charge in [-0.15, -0.1) is 0 Å². The van der Waals surface area contributed by atoms with E-state index in [9.17, 15) is 0 Å². The van der Waals surface area contributed by atoms with E-state index in [0.717, 1.165) is 57.2 Å². The van der Waals surface area contributed by atoms with Crippen LogP contribution < -0.4 is 0 Å². The summed E-state index contributed by atoms with van der Waals surface area (Å²) in [6.45, 7) is 10.0. The molecule has 2 aliphatic rings. The number of hydrogen-bond acceptors (Lipinski definition) is 5. The lowest BCUT2D eigenvalue weighted by Crippen LogP contribution is -2.46. The molecular formula is C16H25N3O2. The number of aromatic nitrogens is 2. The highest BCUT2D eigenvalue weighted by Gasteiger charge is 2.35. The van der Waals surface area contributed by atoms with E-state index in [2.05, 4.69) is 41.9 Å². The predicted molar refractivity (Wildman–Crippen MR) is 80.0 cm³/mol. The highest BCUT2D eigenvalue weighted by atomic mass is 16.5. The summed E-state index contributed by atoms with van der Waals surface area (Å²) in [5, 5.41) is 4.08. The zero-order valence-corrected chi connectivity index (χ0v) is 13.3. The third-order valence-corrected chi connectivity index (χ3v) is 4.44. The molecule has 0 aliphatic carbocycles. The quantitative estimate of drug-likeness (QED) is 0.801. The van der Waals surface area contributed by atoms with Crippen molar-refractivity contribution in [2.24, 2.45) is 0 Å². The monoisotopic (exact) mass is 291 g/mol. The first-order valence-corrected chi connectivity index (χ1v) is 7.93. The van der Waals surface area contributed by atoms with Crippen molar-refractivity contribution < 1.29 is 9.26 Å². The largest absolute Gasteiger partial charge is 0.370 e. The van der Waals surface area contributed by atoms with Gasteiger partial charge in [0.2, 0.25) is 5.89 Å². The standard InChI is InChI=1S/C16H25N3O2/c1-12(2)15-17-14(18-21-15)11-19-7-5-16(6-8-19)10-13(3)4-9-20-16/h10,12H,4-9,11H2,1-3H3. The van der Waals surface area contributed by atoms with Crippen LogP contribution in [0.2, 0.25) is 0 Å². The lowest BCUT2D eigenvalue weighted by atomic mass is 9.87. The molecular weight excluding hydrogens is 266 g/mol. The summed E-state index contributed by atoms with van der Waals surface area (Å²) in [5.41, 5.74) is 1.45. The van der Waals surface area contributed by atoms with Gasteiger partial charge in [0, 0.05) is 19.0 Å². The Labute approximate surface area is 126 Å². The van der Waals surface area contributed by atoms with Gasteiger partial charge in [-0.1, -0.05) is 30.7 Å². The van der Waals surface area contributed by atoms with Crippen LogP contribution in [0, 0.1) is 0 Å². The number of likely N-dealkylation sites (tertiary alicyclic amines) is 1. The molecule has 0 aromatic carbocycles. The third-order valence-electron chi connectivity index (χ3n) is 4.44. The highest BCUT2D eigenvalue weighted by Crippen LogP contribution is 2.33. The van der Waals surface area contributed by atoms with Gasteiger partial charge in [0.15, 0.2) is 5.82 Å². The van der Waals surface area contributed by atoms with E-state index in [1.807, 2.05) is 0 Å². The van der Waals surface area contributed by atoms with E-state index in [0.29, 0.717) is 5.92 Å². The van der Waals surface area contributed by atoms with E-state index < -0.39 is 0 Å². The lowest BCUT2D eigenvalue weighted by Gasteiger charge is -2.41. The molecule has 0 radical (unpaired) electrons. The summed E-state index contributed by atoms with van der Waals surface area (Å²) in [7, 11) is 0. The van der Waals surface area contributed by atoms with E-state index in [1.165, 1.54) is 5.57 Å². The van der Waals surface area contributed by atoms with Crippen molar-refractivity contribution in [2.45, 2.75) is 58.1 Å². The molecule has 1 fully saturated rings. The first-order chi connectivity index (χ1) is 10.1. The first kappa shape index (κ1) is 14.7. The van der Waals surface area contributed by atoms with Crippen LogP contribution >= 0.6 is 0 Å². The van der Waals surface area contributed by atoms with Crippen molar-refractivity contribution in [3.05, 3.63) is 23.4 Å². The topological polar surface area (TPSA) is 51.4 Å². The molecule has 0 atom stereocenters. The normalized spacial score (nSPS) is 22.8. The molecule has 5 heteroatoms. The van der Waals surface area contributed by atoms with Crippen molar-refractivity contribution in [3.63, 3.8) is 0 Å². The van der Waals surface area contributed by atoms with Gasteiger partial charge >= 0.3 is 0 Å². The van der Waals surface area contributed by atoms with Crippen LogP contribution in [0.3, 0.4) is 0 Å². The van der Waals surface area contributed by atoms with Gasteiger partial charge < -0.3 is 9.26 Å². The highest BCUT2D eigenvalue weighted by molar-refractivity contribution is 5.14. The zero-order valence-electron chi connectivity index (χ0n) is 13.3. The van der Waals surface area contributed by atoms with Gasteiger partial charge in [-0.25, -0.2) is 0 Å². The third kappa shape index (κ3) is 3.35. The molecule has 1 aromatic rings. The Morgan fingerprint density at radius 1 is 1.33 bits per heavy atom. The van der Waals surface area contributed by atoms with E-state index in [4.69, 9.17) is 9.26 Å². The van der Waals surface area contributed by atoms with Crippen LogP contribution in [0.1, 0.15) is 57.7 Å². The van der Waals surface area contributed by atoms with E-state index >= 15 is 0 Å². The molecule has 1 spiro atoms. The maximum Gasteiger partial charge on any atom is 0.229 e. The number of piperidine rings is 1. The summed E-state index contributed by atoms with van der Waals surface area (Å²) < 4.78 is 11.3. The Morgan fingerprint density at radius 3 is 2.71 bits per heavy atom. The second-order valence-electron chi connectivity index (χ2n) is 6.63. The summed E-state index contributed by atoms with van der Waals surface area (Å²) in [4.78, 5) is 6.85. The summed E-state index contributed by atoms with van der Waals surface area (Å²) >= 11 is 0. The van der Waals surface area contributed by atoms with Crippen molar-refractivity contribution in [2.75, 3.05) is 19.7 Å². The average molecular weight is 291 g/mol. The smallest absolute Gasteiger partial charge is 0.229 e. The molecule has 3 heterocycles. The second-order valence-corrected chi connectivity index (χ2v) is 6.63. The molecule has 0 N–H and O–H groups in total. The molecule has 1 saturated heterocycles. The predicted octanol–water partition coefficient (Wildman–Crippen LogP) is 2.89. The number of rotatable bonds is 3. The molecule has 0 bridgehead atoms. The Bertz CT molecular complexity index is 513. The maximum absolute atomic E-state index is 6.06. The fraction of sp³-hybridized carbons (Fsp3) is 0.750. The van der Waals surface area contributed by atoms with Gasteiger partial charge in [0.1, 0.15) is 0 Å². The van der Waals surface area contributed by atoms with E-state index in [-0.39, 0.29) is 5.60 Å². The molecule has 116 valence electrons. The molecule has 1 aromatic heterocycles. The number of hydrogen-bond donors (Lipinski definition) is 0. The SMILES string of the molecule is CC1=CC2(CCN(Cc3noc(C(C)C)n3)CC2)OCC1. The Kier molecular flexibility index (Phi) is 4.13. The molecule has 0 amide bonds. The summed E-state index contributed by atoms with van der Waals surface area (Å²) in [6, 6.07) is 0. The van der Waals surface area contributed by atoms with Crippen molar-refractivity contribution in [3.8, 4) is 0 Å². The average Bonchev–Trinajstić information content (AvgIpc) is 2.90. The van der Waals surface area contributed by atoms with Crippen LogP contribution in [0.5, 0.6) is 0 Å². The van der Waals surface area contributed by atoms with Crippen molar-refractivity contribution >= 4 is 0 Å². The van der Waals surface area contributed by atoms with Gasteiger partial charge in [-0.2, -0.15) is 4.98 Å². The Morgan fingerprint density at radius 2 is 2.10 bits per heavy atom. The van der Waals surface area contributed by atoms with Gasteiger partial charge in [-0.3, -0.25) is 4.90 Å². The minimum Gasteiger partial charge on any atom is -0.370 e. The van der Waals surface area contributed by atoms with Crippen LogP contribution in [0.15, 0.2) is 16.2 Å². The van der Waals surface area contributed by atoms with Crippen LogP contribution in [0.4, 0.5) is 0 Å². The molecule has 21 heavy (non-hydrogen) atoms. The molecule has 5 nitrogen and oxygen atoms in total. The van der Waals surface area contributed by atoms with Crippen molar-refractivity contribution in [1.29, 1.82) is 0 Å². The molecule has 3 rings (SSSR count). The van der Waals surface area contributed by atoms with Crippen LogP contribution in [-0.4, -0.2) is 40.3 Å². The molecule has 0 unspecified atom stereocenters. The van der Waals surface area contributed by atoms with Gasteiger partial charge in [0.25, 0.3) is 0 Å². The van der Waals surface area contributed by atoms with Gasteiger partial charge in [-0.05, 0) is 26.2 Å². The molecule has 0 saturated carbocycles. The second kappa shape index (κ2) is 5.89. The number of ether oxygens (including phenoxy) is 1. The minimum atomic E-state index is -0.0147. The maximum atomic E-state index is 6.06. The molecule has 2 aliphatic heterocycles. The van der Waals surface area contributed by atoms with E-state index in [1.54, 1.807) is 0 Å². The lowest BCUT2D eigenvalue weighted by molar-refractivity contribution is -0.0580. The summed E-state index contributed by atoms with van der Waals surface area (Å²) in [5.74, 6) is 1.82. The van der Waals surface area contributed by atoms with Gasteiger partial charge in [0.05, 0.1) is 18.8 Å². The Hall–Kier alpha value is -1.20. The van der Waals surface area contributed by atoms with Crippen LogP contribution in [-0.2, 0) is 11.3 Å². The fourth-order valence-corrected chi connectivity index (χ4v) is 3.12. The van der Waals surface area contributed by atoms with Crippen LogP contribution in [0.25, 0.3) is 0 Å². The minimum absolute atomic E-state index is 0.0147. The zero-order chi connectivity index (χ0) is 14.9.